The van der Waals surface area contributed by atoms with E-state index in [1.54, 1.807) is 49.4 Å². The van der Waals surface area contributed by atoms with Crippen molar-refractivity contribution in [2.24, 2.45) is 0 Å². The molecule has 0 heterocycles. The van der Waals surface area contributed by atoms with E-state index in [4.69, 9.17) is 0 Å². The SMILES string of the molecule is CCC(Cc1ccc(O)cc1)(NC(=O)c1ccccc1)C(=O)O. The van der Waals surface area contributed by atoms with Crippen molar-refractivity contribution in [2.75, 3.05) is 0 Å². The van der Waals surface area contributed by atoms with Crippen molar-refractivity contribution < 1.29 is 19.8 Å². The van der Waals surface area contributed by atoms with Gasteiger partial charge in [-0.05, 0) is 36.2 Å². The van der Waals surface area contributed by atoms with Gasteiger partial charge in [-0.2, -0.15) is 0 Å². The maximum Gasteiger partial charge on any atom is 0.329 e. The Balaban J connectivity index is 2.26. The summed E-state index contributed by atoms with van der Waals surface area (Å²) >= 11 is 0. The fraction of sp³-hybridized carbons (Fsp3) is 0.222. The number of carboxylic acid groups (broad SMARTS) is 1. The Morgan fingerprint density at radius 3 is 2.17 bits per heavy atom. The lowest BCUT2D eigenvalue weighted by molar-refractivity contribution is -0.144. The third kappa shape index (κ3) is 3.88. The molecule has 0 radical (unpaired) electrons. The van der Waals surface area contributed by atoms with Gasteiger partial charge in [-0.15, -0.1) is 0 Å². The summed E-state index contributed by atoms with van der Waals surface area (Å²) in [4.78, 5) is 24.2. The molecular formula is C18H19NO4. The molecule has 0 fully saturated rings. The van der Waals surface area contributed by atoms with E-state index in [2.05, 4.69) is 5.32 Å². The molecule has 120 valence electrons. The second-order valence-corrected chi connectivity index (χ2v) is 5.40. The molecule has 0 saturated carbocycles. The molecule has 0 bridgehead atoms. The number of phenols is 1. The third-order valence-electron chi connectivity index (χ3n) is 3.84. The molecular weight excluding hydrogens is 294 g/mol. The molecule has 1 unspecified atom stereocenters. The second-order valence-electron chi connectivity index (χ2n) is 5.40. The minimum absolute atomic E-state index is 0.111. The number of hydrogen-bond acceptors (Lipinski definition) is 3. The molecule has 0 aliphatic heterocycles. The van der Waals surface area contributed by atoms with E-state index in [0.717, 1.165) is 5.56 Å². The van der Waals surface area contributed by atoms with Gasteiger partial charge in [0.15, 0.2) is 0 Å². The summed E-state index contributed by atoms with van der Waals surface area (Å²) in [5, 5.41) is 21.7. The van der Waals surface area contributed by atoms with E-state index in [1.807, 2.05) is 0 Å². The molecule has 5 nitrogen and oxygen atoms in total. The van der Waals surface area contributed by atoms with E-state index >= 15 is 0 Å². The van der Waals surface area contributed by atoms with Crippen LogP contribution in [0.25, 0.3) is 0 Å². The van der Waals surface area contributed by atoms with Crippen LogP contribution < -0.4 is 5.32 Å². The summed E-state index contributed by atoms with van der Waals surface area (Å²) in [5.41, 5.74) is -0.262. The van der Waals surface area contributed by atoms with Crippen LogP contribution in [0.3, 0.4) is 0 Å². The number of rotatable bonds is 6. The van der Waals surface area contributed by atoms with Crippen molar-refractivity contribution in [3.8, 4) is 5.75 Å². The highest BCUT2D eigenvalue weighted by atomic mass is 16.4. The molecule has 0 aromatic heterocycles. The van der Waals surface area contributed by atoms with Crippen LogP contribution in [0.1, 0.15) is 29.3 Å². The fourth-order valence-corrected chi connectivity index (χ4v) is 2.38. The predicted molar refractivity (Wildman–Crippen MR) is 86.4 cm³/mol. The Morgan fingerprint density at radius 1 is 1.04 bits per heavy atom. The zero-order chi connectivity index (χ0) is 16.9. The first-order chi connectivity index (χ1) is 11.0. The maximum atomic E-state index is 12.4. The van der Waals surface area contributed by atoms with Crippen LogP contribution in [0, 0.1) is 0 Å². The van der Waals surface area contributed by atoms with E-state index < -0.39 is 17.4 Å². The van der Waals surface area contributed by atoms with Crippen molar-refractivity contribution in [1.82, 2.24) is 5.32 Å². The fourth-order valence-electron chi connectivity index (χ4n) is 2.38. The number of nitrogens with one attached hydrogen (secondary N) is 1. The van der Waals surface area contributed by atoms with Gasteiger partial charge >= 0.3 is 5.97 Å². The van der Waals surface area contributed by atoms with Crippen molar-refractivity contribution in [3.63, 3.8) is 0 Å². The van der Waals surface area contributed by atoms with Crippen molar-refractivity contribution in [3.05, 3.63) is 65.7 Å². The summed E-state index contributed by atoms with van der Waals surface area (Å²) in [7, 11) is 0. The molecule has 2 rings (SSSR count). The molecule has 5 heteroatoms. The Morgan fingerprint density at radius 2 is 1.65 bits per heavy atom. The van der Waals surface area contributed by atoms with Gasteiger partial charge in [0.1, 0.15) is 11.3 Å². The summed E-state index contributed by atoms with van der Waals surface area (Å²) < 4.78 is 0. The number of benzene rings is 2. The van der Waals surface area contributed by atoms with Gasteiger partial charge in [0.2, 0.25) is 0 Å². The number of phenolic OH excluding ortho intramolecular Hbond substituents is 1. The average Bonchev–Trinajstić information content (AvgIpc) is 2.56. The number of aromatic hydroxyl groups is 1. The molecule has 3 N–H and O–H groups in total. The van der Waals surface area contributed by atoms with Crippen LogP contribution in [0.2, 0.25) is 0 Å². The predicted octanol–water partition coefficient (Wildman–Crippen LogP) is 2.60. The smallest absolute Gasteiger partial charge is 0.329 e. The van der Waals surface area contributed by atoms with Crippen LogP contribution in [0.5, 0.6) is 5.75 Å². The van der Waals surface area contributed by atoms with E-state index in [-0.39, 0.29) is 18.6 Å². The van der Waals surface area contributed by atoms with E-state index in [1.165, 1.54) is 12.1 Å². The van der Waals surface area contributed by atoms with Gasteiger partial charge in [0, 0.05) is 12.0 Å². The van der Waals surface area contributed by atoms with Crippen LogP contribution in [0.15, 0.2) is 54.6 Å². The quantitative estimate of drug-likeness (QED) is 0.765. The lowest BCUT2D eigenvalue weighted by Gasteiger charge is -2.29. The van der Waals surface area contributed by atoms with Gasteiger partial charge in [-0.25, -0.2) is 4.79 Å². The largest absolute Gasteiger partial charge is 0.508 e. The molecule has 2 aromatic carbocycles. The van der Waals surface area contributed by atoms with Crippen LogP contribution >= 0.6 is 0 Å². The standard InChI is InChI=1S/C18H19NO4/c1-2-18(17(22)23,12-13-8-10-15(20)11-9-13)19-16(21)14-6-4-3-5-7-14/h3-11,20H,2,12H2,1H3,(H,19,21)(H,22,23). The first-order valence-electron chi connectivity index (χ1n) is 7.36. The molecule has 23 heavy (non-hydrogen) atoms. The van der Waals surface area contributed by atoms with Gasteiger partial charge in [-0.3, -0.25) is 4.79 Å². The molecule has 0 aliphatic carbocycles. The van der Waals surface area contributed by atoms with Crippen LogP contribution in [-0.4, -0.2) is 27.6 Å². The van der Waals surface area contributed by atoms with E-state index in [0.29, 0.717) is 5.56 Å². The second kappa shape index (κ2) is 6.96. The summed E-state index contributed by atoms with van der Waals surface area (Å²) in [6, 6.07) is 14.8. The normalized spacial score (nSPS) is 13.1. The van der Waals surface area contributed by atoms with Gasteiger partial charge in [0.25, 0.3) is 5.91 Å². The minimum atomic E-state index is -1.40. The first-order valence-corrected chi connectivity index (χ1v) is 7.36. The Kier molecular flexibility index (Phi) is 5.01. The number of carbonyl (C=O) groups excluding carboxylic acids is 1. The van der Waals surface area contributed by atoms with Crippen molar-refractivity contribution in [2.45, 2.75) is 25.3 Å². The number of aliphatic carboxylic acids is 1. The molecule has 0 aliphatic rings. The third-order valence-corrected chi connectivity index (χ3v) is 3.84. The molecule has 2 aromatic rings. The number of carbonyl (C=O) groups is 2. The minimum Gasteiger partial charge on any atom is -0.508 e. The number of hydrogen-bond donors (Lipinski definition) is 3. The topological polar surface area (TPSA) is 86.6 Å². The highest BCUT2D eigenvalue weighted by molar-refractivity contribution is 5.97. The highest BCUT2D eigenvalue weighted by Gasteiger charge is 2.38. The van der Waals surface area contributed by atoms with E-state index in [9.17, 15) is 19.8 Å². The average molecular weight is 313 g/mol. The van der Waals surface area contributed by atoms with Gasteiger partial charge < -0.3 is 15.5 Å². The lowest BCUT2D eigenvalue weighted by atomic mass is 9.87. The van der Waals surface area contributed by atoms with Crippen molar-refractivity contribution >= 4 is 11.9 Å². The Hall–Kier alpha value is -2.82. The number of carboxylic acids is 1. The Bertz CT molecular complexity index is 682. The maximum absolute atomic E-state index is 12.4. The number of amides is 1. The monoisotopic (exact) mass is 313 g/mol. The molecule has 0 spiro atoms. The highest BCUT2D eigenvalue weighted by Crippen LogP contribution is 2.21. The van der Waals surface area contributed by atoms with Crippen LogP contribution in [-0.2, 0) is 11.2 Å². The summed E-state index contributed by atoms with van der Waals surface area (Å²) in [6.07, 6.45) is 0.374. The zero-order valence-electron chi connectivity index (χ0n) is 12.8. The Labute approximate surface area is 134 Å². The zero-order valence-corrected chi connectivity index (χ0v) is 12.8. The molecule has 1 amide bonds. The molecule has 0 saturated heterocycles. The van der Waals surface area contributed by atoms with Crippen LogP contribution in [0.4, 0.5) is 0 Å². The van der Waals surface area contributed by atoms with Gasteiger partial charge in [0.05, 0.1) is 0 Å². The molecule has 1 atom stereocenters. The summed E-state index contributed by atoms with van der Waals surface area (Å²) in [6.45, 7) is 1.72. The summed E-state index contributed by atoms with van der Waals surface area (Å²) in [5.74, 6) is -1.40. The van der Waals surface area contributed by atoms with Gasteiger partial charge in [-0.1, -0.05) is 37.3 Å². The lowest BCUT2D eigenvalue weighted by Crippen LogP contribution is -2.55. The first kappa shape index (κ1) is 16.5. The van der Waals surface area contributed by atoms with Crippen molar-refractivity contribution in [1.29, 1.82) is 0 Å².